The summed E-state index contributed by atoms with van der Waals surface area (Å²) in [5.41, 5.74) is 0. The van der Waals surface area contributed by atoms with Crippen molar-refractivity contribution in [2.45, 2.75) is 246 Å². The van der Waals surface area contributed by atoms with Crippen LogP contribution in [-0.2, 0) is 23.1 Å². The average molecular weight is 788 g/mol. The lowest BCUT2D eigenvalue weighted by Crippen LogP contribution is -2.37. The maximum atomic E-state index is 13.5. The van der Waals surface area contributed by atoms with Crippen molar-refractivity contribution in [3.05, 3.63) is 0 Å². The fraction of sp³-hybridized carbons (Fsp3) is 0.978. The van der Waals surface area contributed by atoms with Crippen LogP contribution in [0.15, 0.2) is 0 Å². The van der Waals surface area contributed by atoms with Crippen molar-refractivity contribution in [3.8, 4) is 0 Å². The van der Waals surface area contributed by atoms with Crippen molar-refractivity contribution in [2.75, 3.05) is 39.5 Å². The van der Waals surface area contributed by atoms with Crippen LogP contribution in [0.2, 0.25) is 0 Å². The number of carbonyl (C=O) groups excluding carboxylic acids is 1. The topological polar surface area (TPSA) is 85.3 Å². The molecule has 0 aliphatic carbocycles. The molecule has 54 heavy (non-hydrogen) atoms. The van der Waals surface area contributed by atoms with Crippen LogP contribution in [-0.4, -0.2) is 55.2 Å². The van der Waals surface area contributed by atoms with Crippen molar-refractivity contribution >= 4 is 13.7 Å². The second-order valence-electron chi connectivity index (χ2n) is 16.4. The predicted molar refractivity (Wildman–Crippen MR) is 232 cm³/mol. The van der Waals surface area contributed by atoms with E-state index in [1.165, 1.54) is 193 Å². The molecule has 0 aromatic carbocycles. The zero-order chi connectivity index (χ0) is 39.6. The summed E-state index contributed by atoms with van der Waals surface area (Å²) in [4.78, 5) is 25.6. The molecule has 1 amide bonds. The number of ether oxygens (including phenoxy) is 1. The van der Waals surface area contributed by atoms with Crippen molar-refractivity contribution in [1.82, 2.24) is 4.90 Å². The van der Waals surface area contributed by atoms with Gasteiger partial charge in [0.2, 0.25) is 5.91 Å². The van der Waals surface area contributed by atoms with Gasteiger partial charge in [0, 0.05) is 25.6 Å². The second-order valence-corrected chi connectivity index (χ2v) is 17.8. The number of hydrogen-bond donors (Lipinski definition) is 1. The van der Waals surface area contributed by atoms with Crippen molar-refractivity contribution in [2.24, 2.45) is 5.92 Å². The minimum Gasteiger partial charge on any atom is -0.379 e. The molecule has 0 aliphatic heterocycles. The Morgan fingerprint density at radius 2 is 0.778 bits per heavy atom. The van der Waals surface area contributed by atoms with Crippen LogP contribution in [0.25, 0.3) is 0 Å². The van der Waals surface area contributed by atoms with Crippen LogP contribution in [0.5, 0.6) is 0 Å². The standard InChI is InChI=1S/C46H94NO6P/c1-5-8-10-12-14-16-18-20-22-24-26-28-30-32-34-36-39-47(46(48)45(4)38-42-52-54(49,50)53-44-43-51-41-7-3)40-37-35-33-31-29-27-25-23-21-19-17-15-13-11-9-6-2/h45H,5-44H2,1-4H3,(H,49,50). The van der Waals surface area contributed by atoms with Gasteiger partial charge >= 0.3 is 7.82 Å². The van der Waals surface area contributed by atoms with Crippen LogP contribution in [0.4, 0.5) is 0 Å². The first-order valence-electron chi connectivity index (χ1n) is 23.9. The van der Waals surface area contributed by atoms with E-state index in [0.29, 0.717) is 13.0 Å². The van der Waals surface area contributed by atoms with Gasteiger partial charge in [-0.2, -0.15) is 0 Å². The summed E-state index contributed by atoms with van der Waals surface area (Å²) < 4.78 is 27.8. The van der Waals surface area contributed by atoms with Gasteiger partial charge in [0.25, 0.3) is 0 Å². The fourth-order valence-corrected chi connectivity index (χ4v) is 8.02. The van der Waals surface area contributed by atoms with Crippen LogP contribution in [0, 0.1) is 5.92 Å². The van der Waals surface area contributed by atoms with E-state index in [1.54, 1.807) is 0 Å². The summed E-state index contributed by atoms with van der Waals surface area (Å²) in [6.07, 6.45) is 44.2. The molecule has 0 aromatic heterocycles. The Kier molecular flexibility index (Phi) is 41.8. The summed E-state index contributed by atoms with van der Waals surface area (Å²) in [5, 5.41) is 0. The summed E-state index contributed by atoms with van der Waals surface area (Å²) in [5.74, 6) is -0.123. The first kappa shape index (κ1) is 53.5. The number of carbonyl (C=O) groups is 1. The quantitative estimate of drug-likeness (QED) is 0.0489. The molecular formula is C46H94NO6P. The molecule has 0 rings (SSSR count). The number of phosphoric acid groups is 1. The highest BCUT2D eigenvalue weighted by Gasteiger charge is 2.24. The molecule has 2 atom stereocenters. The van der Waals surface area contributed by atoms with E-state index in [1.807, 2.05) is 13.8 Å². The number of hydrogen-bond acceptors (Lipinski definition) is 5. The van der Waals surface area contributed by atoms with E-state index in [9.17, 15) is 14.3 Å². The highest BCUT2D eigenvalue weighted by Crippen LogP contribution is 2.43. The van der Waals surface area contributed by atoms with E-state index < -0.39 is 7.82 Å². The van der Waals surface area contributed by atoms with Gasteiger partial charge in [0.05, 0.1) is 19.8 Å². The highest BCUT2D eigenvalue weighted by molar-refractivity contribution is 7.47. The van der Waals surface area contributed by atoms with Crippen LogP contribution in [0.1, 0.15) is 246 Å². The molecule has 0 spiro atoms. The molecule has 0 fully saturated rings. The SMILES string of the molecule is CCCCCCCCCCCCCCCCCCN(CCCCCCCCCCCCCCCCCC)C(=O)C(C)CCOP(=O)(O)OCCOCCC. The lowest BCUT2D eigenvalue weighted by molar-refractivity contribution is -0.135. The molecule has 0 saturated heterocycles. The van der Waals surface area contributed by atoms with Gasteiger partial charge in [-0.15, -0.1) is 0 Å². The Bertz CT molecular complexity index is 778. The Labute approximate surface area is 337 Å². The molecule has 0 aromatic rings. The lowest BCUT2D eigenvalue weighted by Gasteiger charge is -2.26. The van der Waals surface area contributed by atoms with Crippen LogP contribution >= 0.6 is 7.82 Å². The van der Waals surface area contributed by atoms with Crippen molar-refractivity contribution in [1.29, 1.82) is 0 Å². The van der Waals surface area contributed by atoms with Gasteiger partial charge in [-0.3, -0.25) is 13.8 Å². The van der Waals surface area contributed by atoms with Gasteiger partial charge in [-0.1, -0.05) is 220 Å². The van der Waals surface area contributed by atoms with E-state index in [-0.39, 0.29) is 31.6 Å². The third kappa shape index (κ3) is 38.4. The maximum absolute atomic E-state index is 13.5. The molecule has 7 nitrogen and oxygen atoms in total. The molecule has 1 N–H and O–H groups in total. The van der Waals surface area contributed by atoms with E-state index in [0.717, 1.165) is 32.4 Å². The average Bonchev–Trinajstić information content (AvgIpc) is 3.16. The normalized spacial score (nSPS) is 13.4. The van der Waals surface area contributed by atoms with Crippen molar-refractivity contribution in [3.63, 3.8) is 0 Å². The van der Waals surface area contributed by atoms with Crippen LogP contribution < -0.4 is 0 Å². The molecule has 0 bridgehead atoms. The number of nitrogens with zero attached hydrogens (tertiary/aromatic N) is 1. The Morgan fingerprint density at radius 1 is 0.463 bits per heavy atom. The molecular weight excluding hydrogens is 693 g/mol. The lowest BCUT2D eigenvalue weighted by atomic mass is 10.0. The third-order valence-corrected chi connectivity index (χ3v) is 11.9. The third-order valence-electron chi connectivity index (χ3n) is 10.9. The fourth-order valence-electron chi connectivity index (χ4n) is 7.31. The first-order chi connectivity index (χ1) is 26.4. The number of unbranched alkanes of at least 4 members (excludes halogenated alkanes) is 30. The smallest absolute Gasteiger partial charge is 0.379 e. The molecule has 8 heteroatoms. The molecule has 2 unspecified atom stereocenters. The van der Waals surface area contributed by atoms with E-state index >= 15 is 0 Å². The Hall–Kier alpha value is -0.460. The van der Waals surface area contributed by atoms with Crippen LogP contribution in [0.3, 0.4) is 0 Å². The summed E-state index contributed by atoms with van der Waals surface area (Å²) >= 11 is 0. The van der Waals surface area contributed by atoms with Gasteiger partial charge in [-0.05, 0) is 25.7 Å². The summed E-state index contributed by atoms with van der Waals surface area (Å²) in [6, 6.07) is 0. The van der Waals surface area contributed by atoms with E-state index in [2.05, 4.69) is 18.7 Å². The molecule has 0 saturated carbocycles. The highest BCUT2D eigenvalue weighted by atomic mass is 31.2. The molecule has 0 radical (unpaired) electrons. The Balaban J connectivity index is 4.34. The van der Waals surface area contributed by atoms with Crippen molar-refractivity contribution < 1.29 is 28.0 Å². The largest absolute Gasteiger partial charge is 0.472 e. The second kappa shape index (κ2) is 42.2. The molecule has 0 aliphatic rings. The number of amides is 1. The van der Waals surface area contributed by atoms with Gasteiger partial charge in [0.15, 0.2) is 0 Å². The maximum Gasteiger partial charge on any atom is 0.472 e. The zero-order valence-corrected chi connectivity index (χ0v) is 37.6. The molecule has 0 heterocycles. The van der Waals surface area contributed by atoms with Gasteiger partial charge < -0.3 is 14.5 Å². The summed E-state index contributed by atoms with van der Waals surface area (Å²) in [6.45, 7) is 11.0. The first-order valence-corrected chi connectivity index (χ1v) is 25.4. The molecule has 324 valence electrons. The minimum absolute atomic E-state index is 0.00859. The number of rotatable bonds is 45. The minimum atomic E-state index is -4.15. The van der Waals surface area contributed by atoms with Gasteiger partial charge in [0.1, 0.15) is 0 Å². The number of phosphoric ester groups is 1. The van der Waals surface area contributed by atoms with E-state index in [4.69, 9.17) is 13.8 Å². The monoisotopic (exact) mass is 788 g/mol. The van der Waals surface area contributed by atoms with Gasteiger partial charge in [-0.25, -0.2) is 4.57 Å². The predicted octanol–water partition coefficient (Wildman–Crippen LogP) is 14.9. The Morgan fingerprint density at radius 3 is 1.11 bits per heavy atom. The summed E-state index contributed by atoms with van der Waals surface area (Å²) in [7, 11) is -4.15. The zero-order valence-electron chi connectivity index (χ0n) is 36.7.